The van der Waals surface area contributed by atoms with Gasteiger partial charge < -0.3 is 19.4 Å². The number of benzene rings is 1. The van der Waals surface area contributed by atoms with Crippen molar-refractivity contribution in [1.29, 1.82) is 0 Å². The molecule has 1 fully saturated rings. The number of likely N-dealkylation sites (tertiary alicyclic amines) is 1. The highest BCUT2D eigenvalue weighted by atomic mass is 79.9. The van der Waals surface area contributed by atoms with E-state index >= 15 is 0 Å². The molecule has 1 aliphatic heterocycles. The summed E-state index contributed by atoms with van der Waals surface area (Å²) in [4.78, 5) is 26.5. The first-order valence-electron chi connectivity index (χ1n) is 8.05. The molecule has 3 rings (SSSR count). The summed E-state index contributed by atoms with van der Waals surface area (Å²) in [5, 5.41) is 3.04. The number of nitrogens with zero attached hydrogens (tertiary/aromatic N) is 1. The number of methoxy groups -OCH3 is 1. The molecule has 1 N–H and O–H groups in total. The first-order chi connectivity index (χ1) is 12.1. The van der Waals surface area contributed by atoms with Crippen molar-refractivity contribution in [1.82, 2.24) is 10.2 Å². The molecule has 1 aliphatic rings. The highest BCUT2D eigenvalue weighted by Crippen LogP contribution is 2.23. The Morgan fingerprint density at radius 3 is 2.68 bits per heavy atom. The predicted molar refractivity (Wildman–Crippen MR) is 95.8 cm³/mol. The summed E-state index contributed by atoms with van der Waals surface area (Å²) in [6.07, 6.45) is 2.91. The number of furan rings is 1. The van der Waals surface area contributed by atoms with Crippen LogP contribution in [-0.4, -0.2) is 43.0 Å². The Morgan fingerprint density at radius 1 is 1.28 bits per heavy atom. The van der Waals surface area contributed by atoms with Gasteiger partial charge in [0.15, 0.2) is 5.76 Å². The van der Waals surface area contributed by atoms with E-state index < -0.39 is 0 Å². The average molecular weight is 407 g/mol. The molecule has 0 atom stereocenters. The molecule has 6 nitrogen and oxygen atoms in total. The summed E-state index contributed by atoms with van der Waals surface area (Å²) in [7, 11) is 1.57. The Morgan fingerprint density at radius 2 is 2.04 bits per heavy atom. The second-order valence-electron chi connectivity index (χ2n) is 5.86. The van der Waals surface area contributed by atoms with Crippen molar-refractivity contribution in [3.05, 3.63) is 52.4 Å². The Bertz CT molecular complexity index is 752. The number of halogens is 1. The number of hydrogen-bond acceptors (Lipinski definition) is 4. The van der Waals surface area contributed by atoms with Crippen LogP contribution in [0.15, 0.2) is 45.5 Å². The zero-order valence-corrected chi connectivity index (χ0v) is 15.4. The number of nitrogens with one attached hydrogen (secondary N) is 1. The summed E-state index contributed by atoms with van der Waals surface area (Å²) in [6.45, 7) is 1.17. The highest BCUT2D eigenvalue weighted by Gasteiger charge is 2.26. The van der Waals surface area contributed by atoms with E-state index in [4.69, 9.17) is 9.15 Å². The maximum Gasteiger partial charge on any atom is 0.289 e. The first kappa shape index (κ1) is 17.5. The minimum atomic E-state index is -0.151. The lowest BCUT2D eigenvalue weighted by molar-refractivity contribution is 0.0667. The van der Waals surface area contributed by atoms with Gasteiger partial charge in [-0.25, -0.2) is 0 Å². The molecule has 0 radical (unpaired) electrons. The molecule has 0 spiro atoms. The van der Waals surface area contributed by atoms with Gasteiger partial charge in [-0.15, -0.1) is 0 Å². The third-order valence-corrected chi connectivity index (χ3v) is 4.96. The largest absolute Gasteiger partial charge is 0.497 e. The van der Waals surface area contributed by atoms with Crippen LogP contribution in [0.3, 0.4) is 0 Å². The zero-order valence-electron chi connectivity index (χ0n) is 13.8. The van der Waals surface area contributed by atoms with Crippen LogP contribution in [0.5, 0.6) is 5.75 Å². The fraction of sp³-hybridized carbons (Fsp3) is 0.333. The molecule has 132 valence electrons. The highest BCUT2D eigenvalue weighted by molar-refractivity contribution is 9.10. The Labute approximate surface area is 154 Å². The van der Waals surface area contributed by atoms with Crippen LogP contribution in [-0.2, 0) is 0 Å². The van der Waals surface area contributed by atoms with Gasteiger partial charge in [0.1, 0.15) is 5.75 Å². The maximum absolute atomic E-state index is 12.5. The molecule has 2 aromatic rings. The second kappa shape index (κ2) is 7.74. The summed E-state index contributed by atoms with van der Waals surface area (Å²) in [5.41, 5.74) is 0.536. The summed E-state index contributed by atoms with van der Waals surface area (Å²) >= 11 is 3.40. The minimum Gasteiger partial charge on any atom is -0.497 e. The third kappa shape index (κ3) is 4.04. The molecular formula is C18H19BrN2O4. The van der Waals surface area contributed by atoms with Gasteiger partial charge in [0.2, 0.25) is 0 Å². The van der Waals surface area contributed by atoms with E-state index in [1.54, 1.807) is 42.3 Å². The molecule has 0 aliphatic carbocycles. The van der Waals surface area contributed by atoms with Crippen LogP contribution in [0.1, 0.15) is 33.8 Å². The standard InChI is InChI=1S/C18H19BrN2O4/c1-24-13-4-5-15(19)14(11-13)17(22)20-12-6-8-21(9-7-12)18(23)16-3-2-10-25-16/h2-5,10-12H,6-9H2,1H3,(H,20,22). The Balaban J connectivity index is 1.57. The smallest absolute Gasteiger partial charge is 0.289 e. The molecule has 0 saturated carbocycles. The van der Waals surface area contributed by atoms with Crippen molar-refractivity contribution in [3.63, 3.8) is 0 Å². The molecule has 0 unspecified atom stereocenters. The van der Waals surface area contributed by atoms with Gasteiger partial charge in [-0.1, -0.05) is 0 Å². The molecule has 1 aromatic heterocycles. The molecule has 1 saturated heterocycles. The van der Waals surface area contributed by atoms with E-state index in [2.05, 4.69) is 21.2 Å². The topological polar surface area (TPSA) is 71.8 Å². The number of ether oxygens (including phenoxy) is 1. The van der Waals surface area contributed by atoms with Crippen LogP contribution in [0.25, 0.3) is 0 Å². The van der Waals surface area contributed by atoms with Crippen LogP contribution in [0, 0.1) is 0 Å². The van der Waals surface area contributed by atoms with Crippen molar-refractivity contribution in [2.24, 2.45) is 0 Å². The molecule has 1 aromatic carbocycles. The number of hydrogen-bond donors (Lipinski definition) is 1. The number of amides is 2. The van der Waals surface area contributed by atoms with Crippen molar-refractivity contribution in [2.75, 3.05) is 20.2 Å². The number of carbonyl (C=O) groups excluding carboxylic acids is 2. The molecule has 25 heavy (non-hydrogen) atoms. The normalized spacial score (nSPS) is 15.0. The SMILES string of the molecule is COc1ccc(Br)c(C(=O)NC2CCN(C(=O)c3ccco3)CC2)c1. The van der Waals surface area contributed by atoms with Crippen molar-refractivity contribution < 1.29 is 18.7 Å². The molecule has 7 heteroatoms. The number of carbonyl (C=O) groups is 2. The van der Waals surface area contributed by atoms with Crippen LogP contribution < -0.4 is 10.1 Å². The molecule has 2 amide bonds. The molecule has 0 bridgehead atoms. The lowest BCUT2D eigenvalue weighted by atomic mass is 10.0. The number of rotatable bonds is 4. The van der Waals surface area contributed by atoms with E-state index in [1.807, 2.05) is 0 Å². The fourth-order valence-corrected chi connectivity index (χ4v) is 3.28. The second-order valence-corrected chi connectivity index (χ2v) is 6.72. The lowest BCUT2D eigenvalue weighted by Gasteiger charge is -2.32. The summed E-state index contributed by atoms with van der Waals surface area (Å²) in [6, 6.07) is 8.68. The van der Waals surface area contributed by atoms with Gasteiger partial charge in [0.05, 0.1) is 18.9 Å². The van der Waals surface area contributed by atoms with Crippen LogP contribution in [0.2, 0.25) is 0 Å². The van der Waals surface area contributed by atoms with Crippen molar-refractivity contribution >= 4 is 27.7 Å². The predicted octanol–water partition coefficient (Wildman–Crippen LogP) is 3.09. The van der Waals surface area contributed by atoms with E-state index in [9.17, 15) is 9.59 Å². The lowest BCUT2D eigenvalue weighted by Crippen LogP contribution is -2.46. The van der Waals surface area contributed by atoms with Gasteiger partial charge in [0.25, 0.3) is 11.8 Å². The van der Waals surface area contributed by atoms with Gasteiger partial charge in [-0.3, -0.25) is 9.59 Å². The van der Waals surface area contributed by atoms with Gasteiger partial charge in [-0.2, -0.15) is 0 Å². The summed E-state index contributed by atoms with van der Waals surface area (Å²) < 4.78 is 11.0. The van der Waals surface area contributed by atoms with E-state index in [0.29, 0.717) is 43.0 Å². The number of piperidine rings is 1. The Kier molecular flexibility index (Phi) is 5.43. The molecular weight excluding hydrogens is 388 g/mol. The van der Waals surface area contributed by atoms with Crippen molar-refractivity contribution in [3.8, 4) is 5.75 Å². The maximum atomic E-state index is 12.5. The zero-order chi connectivity index (χ0) is 17.8. The average Bonchev–Trinajstić information content (AvgIpc) is 3.17. The fourth-order valence-electron chi connectivity index (χ4n) is 2.85. The van der Waals surface area contributed by atoms with E-state index in [1.165, 1.54) is 6.26 Å². The third-order valence-electron chi connectivity index (χ3n) is 4.27. The van der Waals surface area contributed by atoms with Gasteiger partial charge in [-0.05, 0) is 59.1 Å². The van der Waals surface area contributed by atoms with E-state index in [0.717, 1.165) is 4.47 Å². The van der Waals surface area contributed by atoms with Crippen LogP contribution >= 0.6 is 15.9 Å². The molecule has 2 heterocycles. The van der Waals surface area contributed by atoms with Gasteiger partial charge in [0, 0.05) is 23.6 Å². The quantitative estimate of drug-likeness (QED) is 0.846. The van der Waals surface area contributed by atoms with Crippen molar-refractivity contribution in [2.45, 2.75) is 18.9 Å². The monoisotopic (exact) mass is 406 g/mol. The first-order valence-corrected chi connectivity index (χ1v) is 8.85. The van der Waals surface area contributed by atoms with Gasteiger partial charge >= 0.3 is 0 Å². The van der Waals surface area contributed by atoms with Crippen LogP contribution in [0.4, 0.5) is 0 Å². The summed E-state index contributed by atoms with van der Waals surface area (Å²) in [5.74, 6) is 0.724. The Hall–Kier alpha value is -2.28. The van der Waals surface area contributed by atoms with E-state index in [-0.39, 0.29) is 17.9 Å². The minimum absolute atomic E-state index is 0.0336.